The van der Waals surface area contributed by atoms with E-state index in [4.69, 9.17) is 10.5 Å². The summed E-state index contributed by atoms with van der Waals surface area (Å²) in [7, 11) is 0. The van der Waals surface area contributed by atoms with Crippen molar-refractivity contribution in [2.45, 2.75) is 39.7 Å². The second-order valence-corrected chi connectivity index (χ2v) is 4.72. The third-order valence-electron chi connectivity index (χ3n) is 2.72. The van der Waals surface area contributed by atoms with Gasteiger partial charge in [-0.2, -0.15) is 0 Å². The third kappa shape index (κ3) is 4.27. The standard InChI is InChI=1S/C14H23NO2/c1-4-17-13-7-5-6-12(14(13)16)9-10(2)8-11(3)15/h5-7,10-11,16H,4,8-9,15H2,1-3H3. The van der Waals surface area contributed by atoms with Crippen molar-refractivity contribution in [2.24, 2.45) is 11.7 Å². The minimum atomic E-state index is 0.196. The van der Waals surface area contributed by atoms with Crippen molar-refractivity contribution in [1.29, 1.82) is 0 Å². The Kier molecular flexibility index (Phi) is 5.29. The Morgan fingerprint density at radius 3 is 2.65 bits per heavy atom. The summed E-state index contributed by atoms with van der Waals surface area (Å²) in [6.45, 7) is 6.63. The van der Waals surface area contributed by atoms with Crippen LogP contribution in [0.15, 0.2) is 18.2 Å². The van der Waals surface area contributed by atoms with Gasteiger partial charge < -0.3 is 15.6 Å². The van der Waals surface area contributed by atoms with Crippen LogP contribution in [0.1, 0.15) is 32.8 Å². The van der Waals surface area contributed by atoms with Crippen LogP contribution in [0.3, 0.4) is 0 Å². The molecule has 0 bridgehead atoms. The van der Waals surface area contributed by atoms with Crippen molar-refractivity contribution in [3.8, 4) is 11.5 Å². The third-order valence-corrected chi connectivity index (χ3v) is 2.72. The molecule has 3 nitrogen and oxygen atoms in total. The first kappa shape index (κ1) is 13.8. The van der Waals surface area contributed by atoms with E-state index >= 15 is 0 Å². The van der Waals surface area contributed by atoms with Gasteiger partial charge in [-0.25, -0.2) is 0 Å². The highest BCUT2D eigenvalue weighted by atomic mass is 16.5. The van der Waals surface area contributed by atoms with Crippen LogP contribution in [0.4, 0.5) is 0 Å². The van der Waals surface area contributed by atoms with E-state index in [0.29, 0.717) is 18.3 Å². The molecule has 0 amide bonds. The molecule has 3 heteroatoms. The van der Waals surface area contributed by atoms with Crippen molar-refractivity contribution in [3.63, 3.8) is 0 Å². The Labute approximate surface area is 104 Å². The van der Waals surface area contributed by atoms with Gasteiger partial charge in [-0.05, 0) is 44.2 Å². The predicted octanol–water partition coefficient (Wildman–Crippen LogP) is 2.71. The van der Waals surface area contributed by atoms with Gasteiger partial charge in [-0.15, -0.1) is 0 Å². The lowest BCUT2D eigenvalue weighted by molar-refractivity contribution is 0.315. The molecule has 0 radical (unpaired) electrons. The van der Waals surface area contributed by atoms with Crippen LogP contribution in [-0.2, 0) is 6.42 Å². The van der Waals surface area contributed by atoms with Crippen LogP contribution in [-0.4, -0.2) is 17.8 Å². The summed E-state index contributed by atoms with van der Waals surface area (Å²) in [5, 5.41) is 10.0. The number of rotatable bonds is 6. The highest BCUT2D eigenvalue weighted by Gasteiger charge is 2.12. The Balaban J connectivity index is 2.73. The van der Waals surface area contributed by atoms with Gasteiger partial charge in [0.15, 0.2) is 11.5 Å². The molecule has 17 heavy (non-hydrogen) atoms. The summed E-state index contributed by atoms with van der Waals surface area (Å²) in [6, 6.07) is 5.84. The first-order chi connectivity index (χ1) is 8.04. The quantitative estimate of drug-likeness (QED) is 0.799. The van der Waals surface area contributed by atoms with Crippen LogP contribution in [0.2, 0.25) is 0 Å². The van der Waals surface area contributed by atoms with Gasteiger partial charge in [-0.1, -0.05) is 19.1 Å². The van der Waals surface area contributed by atoms with Crippen molar-refractivity contribution in [1.82, 2.24) is 0 Å². The molecule has 0 aliphatic carbocycles. The summed E-state index contributed by atoms with van der Waals surface area (Å²) < 4.78 is 5.37. The maximum atomic E-state index is 10.0. The summed E-state index contributed by atoms with van der Waals surface area (Å²) in [5.74, 6) is 1.29. The molecule has 2 unspecified atom stereocenters. The average molecular weight is 237 g/mol. The Bertz CT molecular complexity index is 350. The SMILES string of the molecule is CCOc1cccc(CC(C)CC(C)N)c1O. The van der Waals surface area contributed by atoms with E-state index in [9.17, 15) is 5.11 Å². The number of ether oxygens (including phenoxy) is 1. The number of phenols is 1. The van der Waals surface area contributed by atoms with E-state index in [1.807, 2.05) is 26.0 Å². The Hall–Kier alpha value is -1.22. The fraction of sp³-hybridized carbons (Fsp3) is 0.571. The molecule has 1 aromatic carbocycles. The molecule has 0 spiro atoms. The molecule has 2 atom stereocenters. The molecule has 1 aromatic rings. The van der Waals surface area contributed by atoms with Crippen molar-refractivity contribution >= 4 is 0 Å². The number of nitrogens with two attached hydrogens (primary N) is 1. The lowest BCUT2D eigenvalue weighted by Crippen LogP contribution is -2.19. The Morgan fingerprint density at radius 1 is 1.35 bits per heavy atom. The van der Waals surface area contributed by atoms with Crippen molar-refractivity contribution in [2.75, 3.05) is 6.61 Å². The summed E-state index contributed by atoms with van der Waals surface area (Å²) in [5.41, 5.74) is 6.71. The number of para-hydroxylation sites is 1. The van der Waals surface area contributed by atoms with E-state index in [0.717, 1.165) is 18.4 Å². The van der Waals surface area contributed by atoms with Crippen molar-refractivity contribution < 1.29 is 9.84 Å². The maximum absolute atomic E-state index is 10.0. The largest absolute Gasteiger partial charge is 0.504 e. The molecule has 96 valence electrons. The molecular weight excluding hydrogens is 214 g/mol. The molecule has 0 aliphatic rings. The van der Waals surface area contributed by atoms with E-state index in [1.54, 1.807) is 6.07 Å². The summed E-state index contributed by atoms with van der Waals surface area (Å²) in [4.78, 5) is 0. The topological polar surface area (TPSA) is 55.5 Å². The molecular formula is C14H23NO2. The predicted molar refractivity (Wildman–Crippen MR) is 70.4 cm³/mol. The first-order valence-corrected chi connectivity index (χ1v) is 6.23. The molecule has 1 rings (SSSR count). The Morgan fingerprint density at radius 2 is 2.06 bits per heavy atom. The van der Waals surface area contributed by atoms with Gasteiger partial charge in [0.2, 0.25) is 0 Å². The summed E-state index contributed by atoms with van der Waals surface area (Å²) in [6.07, 6.45) is 1.78. The minimum absolute atomic E-state index is 0.196. The first-order valence-electron chi connectivity index (χ1n) is 6.23. The van der Waals surface area contributed by atoms with Gasteiger partial charge in [0.1, 0.15) is 0 Å². The zero-order valence-electron chi connectivity index (χ0n) is 10.9. The van der Waals surface area contributed by atoms with Crippen molar-refractivity contribution in [3.05, 3.63) is 23.8 Å². The molecule has 0 heterocycles. The van der Waals surface area contributed by atoms with Crippen LogP contribution >= 0.6 is 0 Å². The van der Waals surface area contributed by atoms with Gasteiger partial charge in [0.05, 0.1) is 6.61 Å². The normalized spacial score (nSPS) is 14.4. The zero-order chi connectivity index (χ0) is 12.8. The molecule has 0 saturated heterocycles. The van der Waals surface area contributed by atoms with E-state index in [2.05, 4.69) is 6.92 Å². The highest BCUT2D eigenvalue weighted by Crippen LogP contribution is 2.31. The molecule has 3 N–H and O–H groups in total. The molecule has 0 fully saturated rings. The van der Waals surface area contributed by atoms with Crippen LogP contribution in [0.5, 0.6) is 11.5 Å². The summed E-state index contributed by atoms with van der Waals surface area (Å²) >= 11 is 0. The number of aromatic hydroxyl groups is 1. The molecule has 0 saturated carbocycles. The van der Waals surface area contributed by atoms with Crippen LogP contribution in [0, 0.1) is 5.92 Å². The smallest absolute Gasteiger partial charge is 0.161 e. The van der Waals surface area contributed by atoms with Gasteiger partial charge in [0.25, 0.3) is 0 Å². The van der Waals surface area contributed by atoms with E-state index in [-0.39, 0.29) is 11.8 Å². The average Bonchev–Trinajstić information content (AvgIpc) is 2.23. The maximum Gasteiger partial charge on any atom is 0.161 e. The van der Waals surface area contributed by atoms with Gasteiger partial charge in [-0.3, -0.25) is 0 Å². The fourth-order valence-electron chi connectivity index (χ4n) is 2.10. The number of benzene rings is 1. The van der Waals surface area contributed by atoms with Gasteiger partial charge in [0, 0.05) is 6.04 Å². The lowest BCUT2D eigenvalue weighted by Gasteiger charge is -2.16. The number of phenolic OH excluding ortho intramolecular Hbond substituents is 1. The zero-order valence-corrected chi connectivity index (χ0v) is 10.9. The fourth-order valence-corrected chi connectivity index (χ4v) is 2.10. The molecule has 0 aromatic heterocycles. The second-order valence-electron chi connectivity index (χ2n) is 4.72. The highest BCUT2D eigenvalue weighted by molar-refractivity contribution is 5.45. The van der Waals surface area contributed by atoms with E-state index < -0.39 is 0 Å². The minimum Gasteiger partial charge on any atom is -0.504 e. The second kappa shape index (κ2) is 6.50. The monoisotopic (exact) mass is 237 g/mol. The molecule has 0 aliphatic heterocycles. The van der Waals surface area contributed by atoms with E-state index in [1.165, 1.54) is 0 Å². The number of hydrogen-bond acceptors (Lipinski definition) is 3. The van der Waals surface area contributed by atoms with Gasteiger partial charge >= 0.3 is 0 Å². The van der Waals surface area contributed by atoms with Crippen LogP contribution < -0.4 is 10.5 Å². The lowest BCUT2D eigenvalue weighted by atomic mass is 9.94. The number of hydrogen-bond donors (Lipinski definition) is 2. The van der Waals surface area contributed by atoms with Crippen LogP contribution in [0.25, 0.3) is 0 Å².